The highest BCUT2D eigenvalue weighted by molar-refractivity contribution is 6.34. The van der Waals surface area contributed by atoms with Gasteiger partial charge in [-0.05, 0) is 17.5 Å². The molecular formula is C18H20ClN3O2. The van der Waals surface area contributed by atoms with Gasteiger partial charge in [-0.2, -0.15) is 0 Å². The van der Waals surface area contributed by atoms with E-state index >= 15 is 0 Å². The molecule has 0 aliphatic carbocycles. The van der Waals surface area contributed by atoms with Crippen LogP contribution in [0, 0.1) is 0 Å². The van der Waals surface area contributed by atoms with Crippen LogP contribution in [0.3, 0.4) is 0 Å². The summed E-state index contributed by atoms with van der Waals surface area (Å²) in [6, 6.07) is 7.51. The predicted octanol–water partition coefficient (Wildman–Crippen LogP) is 3.73. The van der Waals surface area contributed by atoms with Crippen molar-refractivity contribution < 1.29 is 5.11 Å². The fourth-order valence-electron chi connectivity index (χ4n) is 2.89. The summed E-state index contributed by atoms with van der Waals surface area (Å²) in [7, 11) is 0. The Kier molecular flexibility index (Phi) is 5.02. The van der Waals surface area contributed by atoms with Crippen LogP contribution in [-0.4, -0.2) is 19.6 Å². The lowest BCUT2D eigenvalue weighted by atomic mass is 10.0. The molecule has 3 aromatic rings. The van der Waals surface area contributed by atoms with Gasteiger partial charge in [0.15, 0.2) is 5.65 Å². The number of pyridine rings is 1. The number of benzene rings is 1. The quantitative estimate of drug-likeness (QED) is 0.669. The van der Waals surface area contributed by atoms with Gasteiger partial charge in [-0.15, -0.1) is 0 Å². The van der Waals surface area contributed by atoms with Crippen molar-refractivity contribution in [2.75, 3.05) is 0 Å². The van der Waals surface area contributed by atoms with E-state index in [-0.39, 0.29) is 12.3 Å². The van der Waals surface area contributed by atoms with Gasteiger partial charge in [0.1, 0.15) is 0 Å². The molecule has 1 aromatic carbocycles. The number of H-pyrrole nitrogens is 1. The van der Waals surface area contributed by atoms with Gasteiger partial charge < -0.3 is 5.11 Å². The largest absolute Gasteiger partial charge is 0.392 e. The van der Waals surface area contributed by atoms with Crippen LogP contribution >= 0.6 is 11.6 Å². The van der Waals surface area contributed by atoms with E-state index in [0.717, 1.165) is 41.5 Å². The second-order valence-corrected chi connectivity index (χ2v) is 6.23. The van der Waals surface area contributed by atoms with Gasteiger partial charge in [0.05, 0.1) is 17.1 Å². The maximum Gasteiger partial charge on any atom is 0.327 e. The van der Waals surface area contributed by atoms with Crippen LogP contribution in [0.4, 0.5) is 0 Å². The van der Waals surface area contributed by atoms with Gasteiger partial charge in [0.2, 0.25) is 0 Å². The zero-order chi connectivity index (χ0) is 17.1. The van der Waals surface area contributed by atoms with Crippen molar-refractivity contribution in [3.05, 3.63) is 51.5 Å². The predicted molar refractivity (Wildman–Crippen MR) is 96.2 cm³/mol. The monoisotopic (exact) mass is 345 g/mol. The minimum absolute atomic E-state index is 0.00828. The van der Waals surface area contributed by atoms with Crippen LogP contribution in [0.25, 0.3) is 22.3 Å². The molecule has 2 aromatic heterocycles. The Morgan fingerprint density at radius 3 is 2.67 bits per heavy atom. The molecule has 0 atom stereocenters. The van der Waals surface area contributed by atoms with Gasteiger partial charge in [0.25, 0.3) is 0 Å². The van der Waals surface area contributed by atoms with Crippen molar-refractivity contribution in [2.24, 2.45) is 0 Å². The highest BCUT2D eigenvalue weighted by atomic mass is 35.5. The van der Waals surface area contributed by atoms with Crippen LogP contribution in [0.2, 0.25) is 5.02 Å². The average molecular weight is 346 g/mol. The molecule has 5 nitrogen and oxygen atoms in total. The molecule has 0 saturated carbocycles. The Balaban J connectivity index is 2.17. The van der Waals surface area contributed by atoms with Crippen LogP contribution < -0.4 is 5.69 Å². The number of aromatic amines is 1. The molecule has 2 heterocycles. The fourth-order valence-corrected chi connectivity index (χ4v) is 3.14. The Morgan fingerprint density at radius 1 is 1.25 bits per heavy atom. The molecule has 0 saturated heterocycles. The first-order chi connectivity index (χ1) is 11.7. The van der Waals surface area contributed by atoms with Crippen LogP contribution in [0.15, 0.2) is 35.3 Å². The SMILES string of the molecule is CCCCCn1c(=O)[nH]c2ncc(Cl)c(-c3ccc(CO)cc3)c21. The molecular weight excluding hydrogens is 326 g/mol. The topological polar surface area (TPSA) is 70.9 Å². The molecule has 0 bridgehead atoms. The average Bonchev–Trinajstić information content (AvgIpc) is 2.91. The molecule has 0 amide bonds. The van der Waals surface area contributed by atoms with Crippen molar-refractivity contribution in [2.45, 2.75) is 39.3 Å². The fraction of sp³-hybridized carbons (Fsp3) is 0.333. The maximum atomic E-state index is 12.3. The molecule has 6 heteroatoms. The lowest BCUT2D eigenvalue weighted by molar-refractivity contribution is 0.282. The summed E-state index contributed by atoms with van der Waals surface area (Å²) in [4.78, 5) is 19.4. The van der Waals surface area contributed by atoms with Crippen LogP contribution in [-0.2, 0) is 13.2 Å². The number of aliphatic hydroxyl groups excluding tert-OH is 1. The second kappa shape index (κ2) is 7.20. The number of unbranched alkanes of at least 4 members (excludes halogenated alkanes) is 2. The third-order valence-corrected chi connectivity index (χ3v) is 4.44. The van der Waals surface area contributed by atoms with Crippen LogP contribution in [0.1, 0.15) is 31.7 Å². The minimum atomic E-state index is -0.163. The highest BCUT2D eigenvalue weighted by Crippen LogP contribution is 2.33. The van der Waals surface area contributed by atoms with Gasteiger partial charge in [0, 0.05) is 18.3 Å². The number of aliphatic hydroxyl groups is 1. The maximum absolute atomic E-state index is 12.3. The first-order valence-electron chi connectivity index (χ1n) is 8.13. The third-order valence-electron chi connectivity index (χ3n) is 4.16. The molecule has 2 N–H and O–H groups in total. The number of fused-ring (bicyclic) bond motifs is 1. The van der Waals surface area contributed by atoms with E-state index in [1.165, 1.54) is 0 Å². The Morgan fingerprint density at radius 2 is 2.00 bits per heavy atom. The number of nitrogens with one attached hydrogen (secondary N) is 1. The molecule has 3 rings (SSSR count). The van der Waals surface area contributed by atoms with Gasteiger partial charge >= 0.3 is 5.69 Å². The van der Waals surface area contributed by atoms with Crippen molar-refractivity contribution >= 4 is 22.8 Å². The standard InChI is InChI=1S/C18H20ClN3O2/c1-2-3-4-9-22-16-15(13-7-5-12(11-23)6-8-13)14(19)10-20-17(16)21-18(22)24/h5-8,10,23H,2-4,9,11H2,1H3,(H,20,21,24). The van der Waals surface area contributed by atoms with Crippen LogP contribution in [0.5, 0.6) is 0 Å². The molecule has 0 aliphatic rings. The highest BCUT2D eigenvalue weighted by Gasteiger charge is 2.16. The minimum Gasteiger partial charge on any atom is -0.392 e. The number of aromatic nitrogens is 3. The smallest absolute Gasteiger partial charge is 0.327 e. The Hall–Kier alpha value is -2.11. The zero-order valence-electron chi connectivity index (χ0n) is 13.6. The number of rotatable bonds is 6. The van der Waals surface area contributed by atoms with E-state index in [2.05, 4.69) is 16.9 Å². The zero-order valence-corrected chi connectivity index (χ0v) is 14.3. The van der Waals surface area contributed by atoms with E-state index in [1.54, 1.807) is 10.8 Å². The molecule has 0 aliphatic heterocycles. The summed E-state index contributed by atoms with van der Waals surface area (Å²) < 4.78 is 1.72. The summed E-state index contributed by atoms with van der Waals surface area (Å²) in [6.45, 7) is 2.76. The summed E-state index contributed by atoms with van der Waals surface area (Å²) in [5.74, 6) is 0. The lowest BCUT2D eigenvalue weighted by Crippen LogP contribution is -2.17. The van der Waals surface area contributed by atoms with E-state index in [9.17, 15) is 9.90 Å². The summed E-state index contributed by atoms with van der Waals surface area (Å²) >= 11 is 6.41. The van der Waals surface area contributed by atoms with Gasteiger partial charge in [-0.25, -0.2) is 9.78 Å². The molecule has 0 radical (unpaired) electrons. The number of imidazole rings is 1. The number of hydrogen-bond donors (Lipinski definition) is 2. The third kappa shape index (κ3) is 3.09. The lowest BCUT2D eigenvalue weighted by Gasteiger charge is -2.10. The van der Waals surface area contributed by atoms with Crippen molar-refractivity contribution in [3.63, 3.8) is 0 Å². The molecule has 126 valence electrons. The number of aryl methyl sites for hydroxylation is 1. The molecule has 0 unspecified atom stereocenters. The Labute approximate surface area is 144 Å². The van der Waals surface area contributed by atoms with Gasteiger partial charge in [-0.1, -0.05) is 55.6 Å². The first kappa shape index (κ1) is 16.7. The second-order valence-electron chi connectivity index (χ2n) is 5.82. The van der Waals surface area contributed by atoms with E-state index < -0.39 is 0 Å². The number of nitrogens with zero attached hydrogens (tertiary/aromatic N) is 2. The Bertz CT molecular complexity index is 897. The first-order valence-corrected chi connectivity index (χ1v) is 8.50. The molecule has 0 spiro atoms. The summed E-state index contributed by atoms with van der Waals surface area (Å²) in [5.41, 5.74) is 3.63. The summed E-state index contributed by atoms with van der Waals surface area (Å²) in [5, 5.41) is 9.71. The van der Waals surface area contributed by atoms with Crippen molar-refractivity contribution in [1.29, 1.82) is 0 Å². The number of hydrogen-bond acceptors (Lipinski definition) is 3. The van der Waals surface area contributed by atoms with Crippen molar-refractivity contribution in [1.82, 2.24) is 14.5 Å². The molecule has 24 heavy (non-hydrogen) atoms. The summed E-state index contributed by atoms with van der Waals surface area (Å²) in [6.07, 6.45) is 4.64. The number of halogens is 1. The van der Waals surface area contributed by atoms with Crippen molar-refractivity contribution in [3.8, 4) is 11.1 Å². The van der Waals surface area contributed by atoms with E-state index in [4.69, 9.17) is 11.6 Å². The van der Waals surface area contributed by atoms with E-state index in [1.807, 2.05) is 24.3 Å². The van der Waals surface area contributed by atoms with E-state index in [0.29, 0.717) is 17.2 Å². The normalized spacial score (nSPS) is 11.3. The molecule has 0 fully saturated rings. The van der Waals surface area contributed by atoms with Gasteiger partial charge in [-0.3, -0.25) is 9.55 Å².